The number of phenols is 1. The molecule has 4 nitrogen and oxygen atoms in total. The number of hydrogen-bond donors (Lipinski definition) is 2. The highest BCUT2D eigenvalue weighted by Crippen LogP contribution is 2.34. The molecule has 0 amide bonds. The second-order valence-electron chi connectivity index (χ2n) is 6.10. The van der Waals surface area contributed by atoms with Crippen LogP contribution in [0.4, 0.5) is 4.39 Å². The number of carbonyl (C=O) groups excluding carboxylic acids is 1. The molecule has 0 unspecified atom stereocenters. The summed E-state index contributed by atoms with van der Waals surface area (Å²) < 4.78 is 18.6. The summed E-state index contributed by atoms with van der Waals surface area (Å²) in [5, 5.41) is 10.5. The number of nitrogens with one attached hydrogen (secondary N) is 1. The van der Waals surface area contributed by atoms with E-state index < -0.39 is 0 Å². The van der Waals surface area contributed by atoms with Gasteiger partial charge in [-0.25, -0.2) is 4.39 Å². The summed E-state index contributed by atoms with van der Waals surface area (Å²) >= 11 is 0. The van der Waals surface area contributed by atoms with Gasteiger partial charge < -0.3 is 14.8 Å². The molecule has 0 aliphatic heterocycles. The van der Waals surface area contributed by atoms with Gasteiger partial charge in [0.2, 0.25) is 0 Å². The molecule has 0 saturated heterocycles. The summed E-state index contributed by atoms with van der Waals surface area (Å²) in [6, 6.07) is 9.42. The normalized spacial score (nSPS) is 15.6. The summed E-state index contributed by atoms with van der Waals surface area (Å²) in [5.74, 6) is -0.0619. The Balaban J connectivity index is 1.77. The number of methoxy groups -OCH3 is 1. The predicted octanol–water partition coefficient (Wildman–Crippen LogP) is 4.23. The van der Waals surface area contributed by atoms with Gasteiger partial charge in [0.15, 0.2) is 17.3 Å². The Kier molecular flexibility index (Phi) is 3.57. The van der Waals surface area contributed by atoms with E-state index in [9.17, 15) is 14.3 Å². The highest BCUT2D eigenvalue weighted by atomic mass is 19.1. The van der Waals surface area contributed by atoms with Gasteiger partial charge in [-0.15, -0.1) is 0 Å². The van der Waals surface area contributed by atoms with Gasteiger partial charge in [-0.05, 0) is 54.8 Å². The number of Topliss-reactive ketones (excluding diaryl/α,β-unsaturated/α-hetero) is 1. The van der Waals surface area contributed by atoms with Gasteiger partial charge in [0.1, 0.15) is 5.82 Å². The van der Waals surface area contributed by atoms with Crippen molar-refractivity contribution in [2.24, 2.45) is 0 Å². The molecule has 0 bridgehead atoms. The van der Waals surface area contributed by atoms with Crippen LogP contribution in [0.15, 0.2) is 42.0 Å². The third-order valence-electron chi connectivity index (χ3n) is 4.55. The first-order valence-electron chi connectivity index (χ1n) is 7.99. The minimum atomic E-state index is -0.363. The molecule has 3 aromatic rings. The smallest absolute Gasteiger partial charge is 0.191 e. The van der Waals surface area contributed by atoms with Crippen LogP contribution in [0.3, 0.4) is 0 Å². The number of halogens is 1. The lowest BCUT2D eigenvalue weighted by Crippen LogP contribution is -2.13. The molecule has 0 atom stereocenters. The SMILES string of the molecule is COc1ccc(/C=C2\CCc3[nH]c4ccc(F)cc4c3C2=O)cc1O. The van der Waals surface area contributed by atoms with E-state index in [0.29, 0.717) is 35.1 Å². The van der Waals surface area contributed by atoms with Crippen molar-refractivity contribution in [3.63, 3.8) is 0 Å². The zero-order valence-corrected chi connectivity index (χ0v) is 13.6. The first-order chi connectivity index (χ1) is 12.1. The lowest BCUT2D eigenvalue weighted by molar-refractivity contribution is 0.102. The molecule has 2 aromatic carbocycles. The topological polar surface area (TPSA) is 62.3 Å². The standard InChI is InChI=1S/C20H16FNO3/c1-25-18-7-2-11(9-17(18)23)8-12-3-5-16-19(20(12)24)14-10-13(21)4-6-15(14)22-16/h2,4,6-10,22-23H,3,5H2,1H3/b12-8+. The van der Waals surface area contributed by atoms with Crippen molar-refractivity contribution >= 4 is 22.8 Å². The third kappa shape index (κ3) is 2.58. The van der Waals surface area contributed by atoms with E-state index >= 15 is 0 Å². The molecule has 4 rings (SSSR count). The van der Waals surface area contributed by atoms with Crippen molar-refractivity contribution in [2.75, 3.05) is 7.11 Å². The fourth-order valence-electron chi connectivity index (χ4n) is 3.34. The number of H-pyrrole nitrogens is 1. The highest BCUT2D eigenvalue weighted by molar-refractivity contribution is 6.19. The fraction of sp³-hybridized carbons (Fsp3) is 0.150. The Labute approximate surface area is 143 Å². The Morgan fingerprint density at radius 2 is 2.04 bits per heavy atom. The van der Waals surface area contributed by atoms with E-state index in [2.05, 4.69) is 4.98 Å². The highest BCUT2D eigenvalue weighted by Gasteiger charge is 2.26. The zero-order chi connectivity index (χ0) is 17.6. The summed E-state index contributed by atoms with van der Waals surface area (Å²) in [6.07, 6.45) is 3.04. The number of phenolic OH excluding ortho intramolecular Hbond substituents is 1. The van der Waals surface area contributed by atoms with Crippen LogP contribution in [-0.4, -0.2) is 23.0 Å². The first-order valence-corrected chi connectivity index (χ1v) is 7.99. The zero-order valence-electron chi connectivity index (χ0n) is 13.6. The number of aromatic nitrogens is 1. The number of aromatic amines is 1. The molecule has 5 heteroatoms. The van der Waals surface area contributed by atoms with E-state index in [1.807, 2.05) is 0 Å². The maximum atomic E-state index is 13.6. The van der Waals surface area contributed by atoms with Crippen molar-refractivity contribution in [2.45, 2.75) is 12.8 Å². The van der Waals surface area contributed by atoms with E-state index in [4.69, 9.17) is 4.74 Å². The van der Waals surface area contributed by atoms with Gasteiger partial charge in [-0.3, -0.25) is 4.79 Å². The van der Waals surface area contributed by atoms with Gasteiger partial charge in [0.25, 0.3) is 0 Å². The molecule has 0 fully saturated rings. The summed E-state index contributed by atoms with van der Waals surface area (Å²) in [6.45, 7) is 0. The molecule has 0 spiro atoms. The number of aromatic hydroxyl groups is 1. The van der Waals surface area contributed by atoms with Crippen LogP contribution >= 0.6 is 0 Å². The lowest BCUT2D eigenvalue weighted by Gasteiger charge is -2.14. The van der Waals surface area contributed by atoms with Gasteiger partial charge >= 0.3 is 0 Å². The minimum absolute atomic E-state index is 0.0231. The van der Waals surface area contributed by atoms with Gasteiger partial charge in [0.05, 0.1) is 12.7 Å². The van der Waals surface area contributed by atoms with Crippen molar-refractivity contribution in [3.05, 3.63) is 64.6 Å². The molecule has 126 valence electrons. The second kappa shape index (κ2) is 5.77. The second-order valence-corrected chi connectivity index (χ2v) is 6.10. The first kappa shape index (κ1) is 15.4. The van der Waals surface area contributed by atoms with E-state index in [1.54, 1.807) is 30.3 Å². The third-order valence-corrected chi connectivity index (χ3v) is 4.55. The number of benzene rings is 2. The Hall–Kier alpha value is -3.08. The van der Waals surface area contributed by atoms with Crippen LogP contribution in [0.5, 0.6) is 11.5 Å². The van der Waals surface area contributed by atoms with Crippen LogP contribution in [0, 0.1) is 5.82 Å². The van der Waals surface area contributed by atoms with Crippen LogP contribution in [0.25, 0.3) is 17.0 Å². The van der Waals surface area contributed by atoms with Gasteiger partial charge in [0, 0.05) is 22.2 Å². The number of aryl methyl sites for hydroxylation is 1. The maximum absolute atomic E-state index is 13.6. The Morgan fingerprint density at radius 3 is 2.80 bits per heavy atom. The van der Waals surface area contributed by atoms with Crippen LogP contribution in [0.2, 0.25) is 0 Å². The Morgan fingerprint density at radius 1 is 1.20 bits per heavy atom. The molecular formula is C20H16FNO3. The van der Waals surface area contributed by atoms with Gasteiger partial charge in [-0.2, -0.15) is 0 Å². The lowest BCUT2D eigenvalue weighted by atomic mass is 9.88. The largest absolute Gasteiger partial charge is 0.504 e. The molecule has 1 aromatic heterocycles. The molecule has 1 aliphatic rings. The molecule has 1 aliphatic carbocycles. The number of hydrogen-bond acceptors (Lipinski definition) is 3. The number of carbonyl (C=O) groups is 1. The molecule has 2 N–H and O–H groups in total. The minimum Gasteiger partial charge on any atom is -0.504 e. The van der Waals surface area contributed by atoms with Crippen LogP contribution in [-0.2, 0) is 6.42 Å². The number of fused-ring (bicyclic) bond motifs is 3. The molecule has 0 saturated carbocycles. The van der Waals surface area contributed by atoms with Crippen molar-refractivity contribution in [1.82, 2.24) is 4.98 Å². The van der Waals surface area contributed by atoms with Crippen molar-refractivity contribution in [3.8, 4) is 11.5 Å². The maximum Gasteiger partial charge on any atom is 0.191 e. The number of rotatable bonds is 2. The molecule has 25 heavy (non-hydrogen) atoms. The molecule has 1 heterocycles. The van der Waals surface area contributed by atoms with Crippen LogP contribution < -0.4 is 4.74 Å². The fourth-order valence-corrected chi connectivity index (χ4v) is 3.34. The average Bonchev–Trinajstić information content (AvgIpc) is 2.96. The number of ether oxygens (including phenoxy) is 1. The van der Waals surface area contributed by atoms with E-state index in [0.717, 1.165) is 16.8 Å². The van der Waals surface area contributed by atoms with Crippen molar-refractivity contribution in [1.29, 1.82) is 0 Å². The van der Waals surface area contributed by atoms with Crippen LogP contribution in [0.1, 0.15) is 28.0 Å². The number of allylic oxidation sites excluding steroid dienone is 1. The Bertz CT molecular complexity index is 1030. The average molecular weight is 337 g/mol. The van der Waals surface area contributed by atoms with E-state index in [1.165, 1.54) is 19.2 Å². The summed E-state index contributed by atoms with van der Waals surface area (Å²) in [5.41, 5.74) is 3.52. The monoisotopic (exact) mass is 337 g/mol. The summed E-state index contributed by atoms with van der Waals surface area (Å²) in [4.78, 5) is 16.1. The van der Waals surface area contributed by atoms with Gasteiger partial charge in [-0.1, -0.05) is 6.07 Å². The van der Waals surface area contributed by atoms with Crippen molar-refractivity contribution < 1.29 is 19.0 Å². The van der Waals surface area contributed by atoms with E-state index in [-0.39, 0.29) is 17.3 Å². The predicted molar refractivity (Wildman–Crippen MR) is 93.5 cm³/mol. The quantitative estimate of drug-likeness (QED) is 0.688. The molecular weight excluding hydrogens is 321 g/mol. The number of ketones is 1. The summed E-state index contributed by atoms with van der Waals surface area (Å²) in [7, 11) is 1.48. The molecule has 0 radical (unpaired) electrons.